The van der Waals surface area contributed by atoms with Gasteiger partial charge in [0.05, 0.1) is 5.75 Å². The van der Waals surface area contributed by atoms with Crippen molar-refractivity contribution < 1.29 is 18.0 Å². The number of hydrogen-bond acceptors (Lipinski definition) is 8. The average Bonchev–Trinajstić information content (AvgIpc) is 2.94. The number of carbonyl (C=O) groups is 2. The second-order valence-corrected chi connectivity index (χ2v) is 10.9. The molecule has 0 unspecified atom stereocenters. The second-order valence-electron chi connectivity index (χ2n) is 7.32. The van der Waals surface area contributed by atoms with E-state index in [1.54, 1.807) is 27.8 Å². The Bertz CT molecular complexity index is 920. The number of hydrogen-bond donors (Lipinski definition) is 0. The summed E-state index contributed by atoms with van der Waals surface area (Å²) in [6.45, 7) is 4.83. The summed E-state index contributed by atoms with van der Waals surface area (Å²) >= 11 is 7.55. The summed E-state index contributed by atoms with van der Waals surface area (Å²) in [6, 6.07) is 0. The molecule has 0 radical (unpaired) electrons. The molecule has 0 aromatic carbocycles. The summed E-state index contributed by atoms with van der Waals surface area (Å²) in [7, 11) is -2.14. The molecule has 3 heterocycles. The zero-order valence-electron chi connectivity index (χ0n) is 14.6. The van der Waals surface area contributed by atoms with Gasteiger partial charge in [0.25, 0.3) is 5.91 Å². The molecule has 2 aliphatic heterocycles. The lowest BCUT2D eigenvalue weighted by molar-refractivity contribution is -0.152. The highest BCUT2D eigenvalue weighted by molar-refractivity contribution is 7.99. The first-order valence-electron chi connectivity index (χ1n) is 7.72. The molecule has 26 heavy (non-hydrogen) atoms. The fourth-order valence-corrected chi connectivity index (χ4v) is 6.87. The van der Waals surface area contributed by atoms with Gasteiger partial charge in [0.15, 0.2) is 21.0 Å². The average molecular weight is 420 g/mol. The van der Waals surface area contributed by atoms with E-state index in [0.717, 1.165) is 4.90 Å². The fraction of sp³-hybridized carbons (Fsp3) is 0.643. The van der Waals surface area contributed by atoms with Crippen LogP contribution in [0.1, 0.15) is 20.8 Å². The summed E-state index contributed by atoms with van der Waals surface area (Å²) in [5.41, 5.74) is -0.415. The van der Waals surface area contributed by atoms with Crippen molar-refractivity contribution in [1.82, 2.24) is 25.1 Å². The van der Waals surface area contributed by atoms with Crippen molar-refractivity contribution in [3.63, 3.8) is 0 Å². The number of rotatable bonds is 4. The van der Waals surface area contributed by atoms with Crippen LogP contribution in [0.4, 0.5) is 0 Å². The molecule has 2 atom stereocenters. The van der Waals surface area contributed by atoms with Gasteiger partial charge in [-0.2, -0.15) is 0 Å². The van der Waals surface area contributed by atoms with Gasteiger partial charge in [0.1, 0.15) is 0 Å². The van der Waals surface area contributed by atoms with E-state index < -0.39 is 37.2 Å². The standard InChI is InChI=1S/C14H18ClN5O4S2/c1-13(2,3)9(21)14(15)10(22)20-5-8(7-26(23,24)11(14)20)6-25-12-16-17-18-19(12)4/h5,11H,6-7H2,1-4H3/t11-,14-/m0/s1. The highest BCUT2D eigenvalue weighted by atomic mass is 35.5. The number of Topliss-reactive ketones (excluding diaryl/α,β-unsaturated/α-hetero) is 1. The number of halogens is 1. The van der Waals surface area contributed by atoms with Gasteiger partial charge < -0.3 is 0 Å². The Labute approximate surface area is 160 Å². The van der Waals surface area contributed by atoms with Crippen molar-refractivity contribution in [1.29, 1.82) is 0 Å². The van der Waals surface area contributed by atoms with Crippen LogP contribution in [0.5, 0.6) is 0 Å². The molecule has 0 saturated carbocycles. The van der Waals surface area contributed by atoms with E-state index in [2.05, 4.69) is 15.5 Å². The van der Waals surface area contributed by atoms with Gasteiger partial charge in [0.2, 0.25) is 10.0 Å². The quantitative estimate of drug-likeness (QED) is 0.297. The minimum atomic E-state index is -3.81. The van der Waals surface area contributed by atoms with E-state index in [1.165, 1.54) is 22.6 Å². The topological polar surface area (TPSA) is 115 Å². The summed E-state index contributed by atoms with van der Waals surface area (Å²) in [6.07, 6.45) is 1.47. The third-order valence-corrected chi connectivity index (χ3v) is 7.99. The lowest BCUT2D eigenvalue weighted by Crippen LogP contribution is -2.77. The Kier molecular flexibility index (Phi) is 4.48. The molecule has 0 bridgehead atoms. The van der Waals surface area contributed by atoms with Gasteiger partial charge in [-0.15, -0.1) is 5.10 Å². The van der Waals surface area contributed by atoms with Gasteiger partial charge in [-0.3, -0.25) is 14.5 Å². The molecule has 0 spiro atoms. The van der Waals surface area contributed by atoms with Crippen LogP contribution in [0, 0.1) is 5.41 Å². The third-order valence-electron chi connectivity index (χ3n) is 4.17. The molecule has 1 saturated heterocycles. The maximum Gasteiger partial charge on any atom is 0.259 e. The lowest BCUT2D eigenvalue weighted by atomic mass is 9.78. The Balaban J connectivity index is 1.86. The zero-order chi connectivity index (χ0) is 19.5. The van der Waals surface area contributed by atoms with Crippen LogP contribution in [0.15, 0.2) is 16.9 Å². The number of nitrogens with zero attached hydrogens (tertiary/aromatic N) is 5. The minimum Gasteiger partial charge on any atom is -0.296 e. The van der Waals surface area contributed by atoms with E-state index in [1.807, 2.05) is 0 Å². The highest BCUT2D eigenvalue weighted by Gasteiger charge is 2.71. The van der Waals surface area contributed by atoms with E-state index >= 15 is 0 Å². The number of sulfone groups is 1. The van der Waals surface area contributed by atoms with Gasteiger partial charge in [0, 0.05) is 24.4 Å². The van der Waals surface area contributed by atoms with Crippen LogP contribution in [0.3, 0.4) is 0 Å². The highest BCUT2D eigenvalue weighted by Crippen LogP contribution is 2.47. The molecule has 3 rings (SSSR count). The zero-order valence-corrected chi connectivity index (χ0v) is 17.0. The molecule has 1 aromatic rings. The lowest BCUT2D eigenvalue weighted by Gasteiger charge is -2.52. The van der Waals surface area contributed by atoms with Gasteiger partial charge in [-0.1, -0.05) is 44.1 Å². The monoisotopic (exact) mass is 419 g/mol. The molecule has 12 heteroatoms. The normalized spacial score (nSPS) is 27.6. The van der Waals surface area contributed by atoms with E-state index in [-0.39, 0.29) is 5.75 Å². The molecule has 0 N–H and O–H groups in total. The van der Waals surface area contributed by atoms with Crippen molar-refractivity contribution in [2.45, 2.75) is 36.2 Å². The summed E-state index contributed by atoms with van der Waals surface area (Å²) in [5, 5.41) is 10.2. The smallest absolute Gasteiger partial charge is 0.259 e. The molecular formula is C14H18ClN5O4S2. The van der Waals surface area contributed by atoms with E-state index in [0.29, 0.717) is 16.5 Å². The van der Waals surface area contributed by atoms with Crippen molar-refractivity contribution in [2.24, 2.45) is 12.5 Å². The van der Waals surface area contributed by atoms with Crippen LogP contribution >= 0.6 is 23.4 Å². The number of β-lactam (4-membered cyclic amide) rings is 1. The van der Waals surface area contributed by atoms with Crippen molar-refractivity contribution in [3.8, 4) is 0 Å². The number of alkyl halides is 1. The number of ketones is 1. The number of aryl methyl sites for hydroxylation is 1. The largest absolute Gasteiger partial charge is 0.296 e. The SMILES string of the molecule is Cn1nnnc1SCC1=CN2C(=O)[C@@](Cl)(C(=O)C(C)(C)C)[C@@H]2S(=O)(=O)C1. The maximum absolute atomic E-state index is 12.7. The second kappa shape index (κ2) is 6.03. The van der Waals surface area contributed by atoms with Crippen molar-refractivity contribution >= 4 is 44.9 Å². The predicted molar refractivity (Wildman–Crippen MR) is 95.1 cm³/mol. The summed E-state index contributed by atoms with van der Waals surface area (Å²) < 4.78 is 27.0. The van der Waals surface area contributed by atoms with Crippen LogP contribution in [0.25, 0.3) is 0 Å². The number of tetrazole rings is 1. The van der Waals surface area contributed by atoms with Gasteiger partial charge >= 0.3 is 0 Å². The van der Waals surface area contributed by atoms with Gasteiger partial charge in [-0.05, 0) is 16.0 Å². The van der Waals surface area contributed by atoms with E-state index in [4.69, 9.17) is 11.6 Å². The molecule has 9 nitrogen and oxygen atoms in total. The molecule has 1 fully saturated rings. The first-order valence-corrected chi connectivity index (χ1v) is 10.8. The van der Waals surface area contributed by atoms with Gasteiger partial charge in [-0.25, -0.2) is 13.1 Å². The predicted octanol–water partition coefficient (Wildman–Crippen LogP) is 0.376. The Hall–Kier alpha value is -1.46. The minimum absolute atomic E-state index is 0.272. The van der Waals surface area contributed by atoms with E-state index in [9.17, 15) is 18.0 Å². The number of carbonyl (C=O) groups excluding carboxylic acids is 2. The van der Waals surface area contributed by atoms with Crippen LogP contribution < -0.4 is 0 Å². The van der Waals surface area contributed by atoms with Crippen LogP contribution in [0.2, 0.25) is 0 Å². The Morgan fingerprint density at radius 1 is 1.46 bits per heavy atom. The number of aromatic nitrogens is 4. The first-order chi connectivity index (χ1) is 11.9. The number of thioether (sulfide) groups is 1. The summed E-state index contributed by atoms with van der Waals surface area (Å²) in [4.78, 5) is 24.2. The summed E-state index contributed by atoms with van der Waals surface area (Å²) in [5.74, 6) is -1.26. The van der Waals surface area contributed by atoms with Crippen LogP contribution in [-0.2, 0) is 26.5 Å². The van der Waals surface area contributed by atoms with Crippen molar-refractivity contribution in [2.75, 3.05) is 11.5 Å². The Morgan fingerprint density at radius 2 is 2.12 bits per heavy atom. The fourth-order valence-electron chi connectivity index (χ4n) is 2.98. The number of fused-ring (bicyclic) bond motifs is 1. The molecule has 2 aliphatic rings. The molecule has 1 amide bonds. The molecule has 142 valence electrons. The van der Waals surface area contributed by atoms with Crippen molar-refractivity contribution in [3.05, 3.63) is 11.8 Å². The maximum atomic E-state index is 12.7. The van der Waals surface area contributed by atoms with Crippen LogP contribution in [-0.4, -0.2) is 67.0 Å². The number of amides is 1. The Morgan fingerprint density at radius 3 is 2.65 bits per heavy atom. The molecular weight excluding hydrogens is 402 g/mol. The first kappa shape index (κ1) is 19.3. The molecule has 1 aromatic heterocycles. The molecule has 0 aliphatic carbocycles. The third kappa shape index (κ3) is 2.85.